The minimum absolute atomic E-state index is 0.0243. The van der Waals surface area contributed by atoms with Crippen molar-refractivity contribution in [3.63, 3.8) is 0 Å². The van der Waals surface area contributed by atoms with Gasteiger partial charge >= 0.3 is 0 Å². The van der Waals surface area contributed by atoms with Crippen molar-refractivity contribution in [2.75, 3.05) is 44.7 Å². The van der Waals surface area contributed by atoms with Gasteiger partial charge in [0.1, 0.15) is 0 Å². The van der Waals surface area contributed by atoms with Gasteiger partial charge in [0.15, 0.2) is 0 Å². The van der Waals surface area contributed by atoms with E-state index in [0.717, 1.165) is 32.6 Å². The van der Waals surface area contributed by atoms with Crippen LogP contribution in [0.2, 0.25) is 0 Å². The van der Waals surface area contributed by atoms with Gasteiger partial charge < -0.3 is 15.0 Å². The number of anilines is 1. The number of carbonyl (C=O) groups excluding carboxylic acids is 1. The molecule has 0 spiro atoms. The van der Waals surface area contributed by atoms with Crippen LogP contribution < -0.4 is 15.0 Å². The van der Waals surface area contributed by atoms with E-state index in [9.17, 15) is 4.79 Å². The van der Waals surface area contributed by atoms with E-state index in [2.05, 4.69) is 50.2 Å². The fourth-order valence-electron chi connectivity index (χ4n) is 4.30. The van der Waals surface area contributed by atoms with Crippen LogP contribution in [0.25, 0.3) is 0 Å². The Morgan fingerprint density at radius 1 is 1.13 bits per heavy atom. The van der Waals surface area contributed by atoms with Crippen molar-refractivity contribution in [1.29, 1.82) is 0 Å². The molecule has 1 unspecified atom stereocenters. The van der Waals surface area contributed by atoms with Crippen molar-refractivity contribution in [1.82, 2.24) is 20.2 Å². The lowest BCUT2D eigenvalue weighted by molar-refractivity contribution is -0.123. The summed E-state index contributed by atoms with van der Waals surface area (Å²) in [5, 5.41) is 3.17. The van der Waals surface area contributed by atoms with Crippen LogP contribution >= 0.6 is 0 Å². The first-order chi connectivity index (χ1) is 14.6. The molecule has 7 nitrogen and oxygen atoms in total. The van der Waals surface area contributed by atoms with E-state index in [1.54, 1.807) is 19.4 Å². The molecule has 1 amide bonds. The largest absolute Gasteiger partial charge is 0.481 e. The van der Waals surface area contributed by atoms with Crippen molar-refractivity contribution in [3.8, 4) is 5.88 Å². The highest BCUT2D eigenvalue weighted by atomic mass is 16.5. The maximum absolute atomic E-state index is 12.6. The molecule has 1 aromatic heterocycles. The Labute approximate surface area is 178 Å². The summed E-state index contributed by atoms with van der Waals surface area (Å²) >= 11 is 0. The number of fused-ring (bicyclic) bond motifs is 1. The van der Waals surface area contributed by atoms with E-state index < -0.39 is 0 Å². The molecule has 0 bridgehead atoms. The van der Waals surface area contributed by atoms with Crippen LogP contribution in [0, 0.1) is 0 Å². The van der Waals surface area contributed by atoms with Crippen LogP contribution in [0.5, 0.6) is 5.88 Å². The van der Waals surface area contributed by atoms with Crippen molar-refractivity contribution in [3.05, 3.63) is 47.2 Å². The Bertz CT molecular complexity index is 880. The number of hydrogen-bond donors (Lipinski definition) is 1. The highest BCUT2D eigenvalue weighted by molar-refractivity contribution is 5.78. The van der Waals surface area contributed by atoms with Crippen LogP contribution in [0.15, 0.2) is 30.5 Å². The fraction of sp³-hybridized carbons (Fsp3) is 0.522. The average Bonchev–Trinajstić information content (AvgIpc) is 2.79. The zero-order chi connectivity index (χ0) is 20.9. The molecule has 1 aliphatic heterocycles. The zero-order valence-electron chi connectivity index (χ0n) is 17.9. The predicted molar refractivity (Wildman–Crippen MR) is 117 cm³/mol. The van der Waals surface area contributed by atoms with E-state index >= 15 is 0 Å². The van der Waals surface area contributed by atoms with Crippen molar-refractivity contribution in [2.45, 2.75) is 38.6 Å². The number of amides is 1. The number of rotatable bonds is 6. The highest BCUT2D eigenvalue weighted by Crippen LogP contribution is 2.24. The minimum Gasteiger partial charge on any atom is -0.481 e. The minimum atomic E-state index is 0.0243. The molecule has 2 heterocycles. The second kappa shape index (κ2) is 9.43. The molecule has 2 aliphatic rings. The third-order valence-corrected chi connectivity index (χ3v) is 6.10. The summed E-state index contributed by atoms with van der Waals surface area (Å²) in [6, 6.07) is 8.46. The fourth-order valence-corrected chi connectivity index (χ4v) is 4.30. The van der Waals surface area contributed by atoms with Gasteiger partial charge in [0.05, 0.1) is 19.7 Å². The Balaban J connectivity index is 1.26. The summed E-state index contributed by atoms with van der Waals surface area (Å²) in [7, 11) is 1.60. The van der Waals surface area contributed by atoms with Crippen molar-refractivity contribution < 1.29 is 9.53 Å². The van der Waals surface area contributed by atoms with Crippen LogP contribution in [-0.2, 0) is 17.6 Å². The van der Waals surface area contributed by atoms with Crippen LogP contribution in [0.3, 0.4) is 0 Å². The molecule has 1 aliphatic carbocycles. The number of piperazine rings is 1. The highest BCUT2D eigenvalue weighted by Gasteiger charge is 2.22. The number of nitrogens with zero attached hydrogens (tertiary/aromatic N) is 4. The van der Waals surface area contributed by atoms with Gasteiger partial charge in [0, 0.05) is 38.4 Å². The second-order valence-corrected chi connectivity index (χ2v) is 8.19. The molecular formula is C23H31N5O2. The van der Waals surface area contributed by atoms with Gasteiger partial charge in [-0.25, -0.2) is 4.98 Å². The molecule has 0 saturated carbocycles. The summed E-state index contributed by atoms with van der Waals surface area (Å²) in [4.78, 5) is 25.7. The SMILES string of the molecule is COc1ccnc(N2CCN(CC(=O)NC(C)c3ccc4c(c3)CCCC4)CC2)n1. The maximum Gasteiger partial charge on any atom is 0.234 e. The van der Waals surface area contributed by atoms with Gasteiger partial charge in [-0.2, -0.15) is 4.98 Å². The Morgan fingerprint density at radius 2 is 1.90 bits per heavy atom. The number of aryl methyl sites for hydroxylation is 2. The normalized spacial score (nSPS) is 17.9. The van der Waals surface area contributed by atoms with Gasteiger partial charge in [-0.05, 0) is 49.3 Å². The van der Waals surface area contributed by atoms with Crippen LogP contribution in [0.4, 0.5) is 5.95 Å². The average molecular weight is 410 g/mol. The molecular weight excluding hydrogens is 378 g/mol. The first-order valence-corrected chi connectivity index (χ1v) is 10.9. The summed E-state index contributed by atoms with van der Waals surface area (Å²) in [6.45, 7) is 5.69. The number of nitrogens with one attached hydrogen (secondary N) is 1. The zero-order valence-corrected chi connectivity index (χ0v) is 17.9. The molecule has 4 rings (SSSR count). The third kappa shape index (κ3) is 4.90. The number of carbonyl (C=O) groups is 1. The first-order valence-electron chi connectivity index (χ1n) is 10.9. The van der Waals surface area contributed by atoms with E-state index in [-0.39, 0.29) is 11.9 Å². The van der Waals surface area contributed by atoms with Gasteiger partial charge in [0.25, 0.3) is 0 Å². The lowest BCUT2D eigenvalue weighted by atomic mass is 9.89. The van der Waals surface area contributed by atoms with Crippen molar-refractivity contribution >= 4 is 11.9 Å². The third-order valence-electron chi connectivity index (χ3n) is 6.10. The number of ether oxygens (including phenoxy) is 1. The quantitative estimate of drug-likeness (QED) is 0.790. The number of methoxy groups -OCH3 is 1. The lowest BCUT2D eigenvalue weighted by Gasteiger charge is -2.34. The standard InChI is InChI=1S/C23H31N5O2/c1-17(19-8-7-18-5-3-4-6-20(18)15-19)25-21(29)16-27-11-13-28(14-12-27)23-24-10-9-22(26-23)30-2/h7-10,15,17H,3-6,11-14,16H2,1-2H3,(H,25,29). The predicted octanol–water partition coefficient (Wildman–Crippen LogP) is 2.36. The van der Waals surface area contributed by atoms with E-state index in [1.165, 1.54) is 36.0 Å². The number of hydrogen-bond acceptors (Lipinski definition) is 6. The number of aromatic nitrogens is 2. The molecule has 30 heavy (non-hydrogen) atoms. The topological polar surface area (TPSA) is 70.6 Å². The maximum atomic E-state index is 12.6. The van der Waals surface area contributed by atoms with E-state index in [0.29, 0.717) is 18.4 Å². The molecule has 1 fully saturated rings. The number of benzene rings is 1. The van der Waals surface area contributed by atoms with Gasteiger partial charge in [-0.15, -0.1) is 0 Å². The van der Waals surface area contributed by atoms with Crippen molar-refractivity contribution in [2.24, 2.45) is 0 Å². The molecule has 2 aromatic rings. The van der Waals surface area contributed by atoms with E-state index in [1.807, 2.05) is 0 Å². The molecule has 1 saturated heterocycles. The summed E-state index contributed by atoms with van der Waals surface area (Å²) in [5.41, 5.74) is 4.13. The van der Waals surface area contributed by atoms with Gasteiger partial charge in [-0.1, -0.05) is 18.2 Å². The van der Waals surface area contributed by atoms with Gasteiger partial charge in [0.2, 0.25) is 17.7 Å². The monoisotopic (exact) mass is 409 g/mol. The first kappa shape index (κ1) is 20.6. The van der Waals surface area contributed by atoms with Gasteiger partial charge in [-0.3, -0.25) is 9.69 Å². The lowest BCUT2D eigenvalue weighted by Crippen LogP contribution is -2.50. The second-order valence-electron chi connectivity index (χ2n) is 8.19. The summed E-state index contributed by atoms with van der Waals surface area (Å²) < 4.78 is 5.18. The Kier molecular flexibility index (Phi) is 6.47. The van der Waals surface area contributed by atoms with Crippen LogP contribution in [-0.4, -0.2) is 60.6 Å². The Hall–Kier alpha value is -2.67. The summed E-state index contributed by atoms with van der Waals surface area (Å²) in [6.07, 6.45) is 6.61. The molecule has 1 atom stereocenters. The molecule has 160 valence electrons. The smallest absolute Gasteiger partial charge is 0.234 e. The molecule has 7 heteroatoms. The van der Waals surface area contributed by atoms with Crippen LogP contribution in [0.1, 0.15) is 42.5 Å². The Morgan fingerprint density at radius 3 is 2.67 bits per heavy atom. The summed E-state index contributed by atoms with van der Waals surface area (Å²) in [5.74, 6) is 1.32. The van der Waals surface area contributed by atoms with E-state index in [4.69, 9.17) is 4.74 Å². The molecule has 0 radical (unpaired) electrons. The molecule has 1 aromatic carbocycles. The molecule has 1 N–H and O–H groups in total.